The molecule has 2 N–H and O–H groups in total. The predicted octanol–water partition coefficient (Wildman–Crippen LogP) is 5.78. The number of halogens is 1. The normalized spacial score (nSPS) is 15.2. The quantitative estimate of drug-likeness (QED) is 0.338. The zero-order valence-electron chi connectivity index (χ0n) is 24.6. The van der Waals surface area contributed by atoms with Crippen LogP contribution in [-0.2, 0) is 17.7 Å². The fraction of sp³-hybridized carbons (Fsp3) is 0.438. The number of morpholine rings is 1. The third-order valence-corrected chi connectivity index (χ3v) is 7.77. The molecule has 0 spiro atoms. The Bertz CT molecular complexity index is 1400. The summed E-state index contributed by atoms with van der Waals surface area (Å²) in [4.78, 5) is 39.7. The largest absolute Gasteiger partial charge is 0.378 e. The Kier molecular flexibility index (Phi) is 9.28. The summed E-state index contributed by atoms with van der Waals surface area (Å²) in [5, 5.41) is 6.43. The third kappa shape index (κ3) is 7.57. The van der Waals surface area contributed by atoms with Crippen molar-refractivity contribution in [2.75, 3.05) is 49.6 Å². The molecule has 0 unspecified atom stereocenters. The summed E-state index contributed by atoms with van der Waals surface area (Å²) in [6.07, 6.45) is 2.65. The standard InChI is InChI=1S/C32H39ClN6O3/c1-32(2,3)14-4-15-34-31(41)35-25-11-7-22(8-12-25)28-36-27-21-39(30(40)23-5-9-24(33)10-6-23)16-13-26(27)29(37-28)38-17-19-42-20-18-38/h5-12H,4,13-21H2,1-3H3,(H2,34,35,41). The number of nitrogens with one attached hydrogen (secondary N) is 2. The second kappa shape index (κ2) is 13.1. The molecule has 0 bridgehead atoms. The molecule has 10 heteroatoms. The molecule has 3 amide bonds. The van der Waals surface area contributed by atoms with Gasteiger partial charge in [0.25, 0.3) is 5.91 Å². The van der Waals surface area contributed by atoms with E-state index in [1.165, 1.54) is 0 Å². The van der Waals surface area contributed by atoms with E-state index < -0.39 is 0 Å². The van der Waals surface area contributed by atoms with E-state index in [9.17, 15) is 9.59 Å². The number of carbonyl (C=O) groups excluding carboxylic acids is 2. The van der Waals surface area contributed by atoms with Gasteiger partial charge in [-0.3, -0.25) is 4.79 Å². The van der Waals surface area contributed by atoms with Gasteiger partial charge >= 0.3 is 6.03 Å². The molecule has 5 rings (SSSR count). The van der Waals surface area contributed by atoms with Gasteiger partial charge in [-0.25, -0.2) is 14.8 Å². The molecule has 1 saturated heterocycles. The fourth-order valence-corrected chi connectivity index (χ4v) is 5.35. The topological polar surface area (TPSA) is 99.7 Å². The van der Waals surface area contributed by atoms with Crippen molar-refractivity contribution in [1.29, 1.82) is 0 Å². The molecule has 1 aromatic heterocycles. The average Bonchev–Trinajstić information content (AvgIpc) is 2.99. The van der Waals surface area contributed by atoms with E-state index in [0.717, 1.165) is 48.6 Å². The van der Waals surface area contributed by atoms with Gasteiger partial charge in [0.1, 0.15) is 5.82 Å². The van der Waals surface area contributed by atoms with E-state index in [4.69, 9.17) is 26.3 Å². The predicted molar refractivity (Wildman–Crippen MR) is 166 cm³/mol. The van der Waals surface area contributed by atoms with Crippen LogP contribution in [0.1, 0.15) is 55.2 Å². The van der Waals surface area contributed by atoms with Crippen LogP contribution >= 0.6 is 11.6 Å². The van der Waals surface area contributed by atoms with Crippen LogP contribution in [0.4, 0.5) is 16.3 Å². The van der Waals surface area contributed by atoms with Gasteiger partial charge in [-0.05, 0) is 73.2 Å². The van der Waals surface area contributed by atoms with Crippen molar-refractivity contribution in [3.63, 3.8) is 0 Å². The number of hydrogen-bond acceptors (Lipinski definition) is 6. The zero-order chi connectivity index (χ0) is 29.7. The minimum atomic E-state index is -0.221. The van der Waals surface area contributed by atoms with Crippen LogP contribution in [0.2, 0.25) is 5.02 Å². The second-order valence-electron chi connectivity index (χ2n) is 12.0. The van der Waals surface area contributed by atoms with Gasteiger partial charge in [0.2, 0.25) is 0 Å². The Labute approximate surface area is 252 Å². The summed E-state index contributed by atoms with van der Waals surface area (Å²) in [6, 6.07) is 14.3. The Morgan fingerprint density at radius 3 is 2.38 bits per heavy atom. The number of hydrogen-bond donors (Lipinski definition) is 2. The molecular weight excluding hydrogens is 552 g/mol. The Morgan fingerprint density at radius 2 is 1.69 bits per heavy atom. The number of anilines is 2. The van der Waals surface area contributed by atoms with E-state index in [-0.39, 0.29) is 17.4 Å². The molecule has 2 aliphatic rings. The van der Waals surface area contributed by atoms with Gasteiger partial charge < -0.3 is 25.2 Å². The second-order valence-corrected chi connectivity index (χ2v) is 12.4. The summed E-state index contributed by atoms with van der Waals surface area (Å²) in [6.45, 7) is 11.0. The number of benzene rings is 2. The first kappa shape index (κ1) is 29.8. The maximum absolute atomic E-state index is 13.3. The van der Waals surface area contributed by atoms with Gasteiger partial charge in [-0.2, -0.15) is 0 Å². The first-order chi connectivity index (χ1) is 20.2. The number of fused-ring (bicyclic) bond motifs is 1. The number of carbonyl (C=O) groups is 2. The number of nitrogens with zero attached hydrogens (tertiary/aromatic N) is 4. The van der Waals surface area contributed by atoms with Crippen molar-refractivity contribution in [2.45, 2.75) is 46.6 Å². The molecule has 0 radical (unpaired) electrons. The molecule has 2 aromatic carbocycles. The van der Waals surface area contributed by atoms with Crippen LogP contribution in [-0.4, -0.2) is 66.2 Å². The summed E-state index contributed by atoms with van der Waals surface area (Å²) in [7, 11) is 0. The summed E-state index contributed by atoms with van der Waals surface area (Å²) < 4.78 is 5.59. The highest BCUT2D eigenvalue weighted by molar-refractivity contribution is 6.30. The molecule has 2 aliphatic heterocycles. The van der Waals surface area contributed by atoms with Gasteiger partial charge in [-0.15, -0.1) is 0 Å². The van der Waals surface area contributed by atoms with Crippen molar-refractivity contribution in [1.82, 2.24) is 20.2 Å². The van der Waals surface area contributed by atoms with Crippen molar-refractivity contribution in [2.24, 2.45) is 5.41 Å². The van der Waals surface area contributed by atoms with Crippen molar-refractivity contribution in [3.8, 4) is 11.4 Å². The zero-order valence-corrected chi connectivity index (χ0v) is 25.3. The van der Waals surface area contributed by atoms with Crippen LogP contribution in [0.3, 0.4) is 0 Å². The first-order valence-corrected chi connectivity index (χ1v) is 15.0. The van der Waals surface area contributed by atoms with Crippen LogP contribution in [0.25, 0.3) is 11.4 Å². The minimum absolute atomic E-state index is 0.0440. The fourth-order valence-electron chi connectivity index (χ4n) is 5.22. The highest BCUT2D eigenvalue weighted by Crippen LogP contribution is 2.31. The van der Waals surface area contributed by atoms with E-state index in [1.807, 2.05) is 29.2 Å². The van der Waals surface area contributed by atoms with Crippen LogP contribution in [0.15, 0.2) is 48.5 Å². The van der Waals surface area contributed by atoms with Crippen LogP contribution in [0.5, 0.6) is 0 Å². The van der Waals surface area contributed by atoms with Crippen LogP contribution < -0.4 is 15.5 Å². The van der Waals surface area contributed by atoms with Crippen LogP contribution in [0, 0.1) is 5.41 Å². The van der Waals surface area contributed by atoms with E-state index >= 15 is 0 Å². The molecule has 0 aliphatic carbocycles. The summed E-state index contributed by atoms with van der Waals surface area (Å²) in [5.41, 5.74) is 4.32. The third-order valence-electron chi connectivity index (χ3n) is 7.52. The molecule has 9 nitrogen and oxygen atoms in total. The molecule has 3 heterocycles. The molecule has 3 aromatic rings. The molecular formula is C32H39ClN6O3. The lowest BCUT2D eigenvalue weighted by Gasteiger charge is -2.34. The molecule has 1 fully saturated rings. The first-order valence-electron chi connectivity index (χ1n) is 14.6. The highest BCUT2D eigenvalue weighted by atomic mass is 35.5. The van der Waals surface area contributed by atoms with Gasteiger partial charge in [-0.1, -0.05) is 32.4 Å². The van der Waals surface area contributed by atoms with Gasteiger partial charge in [0.15, 0.2) is 5.82 Å². The van der Waals surface area contributed by atoms with Crippen molar-refractivity contribution < 1.29 is 14.3 Å². The number of rotatable bonds is 7. The molecule has 222 valence electrons. The number of ether oxygens (including phenoxy) is 1. The van der Waals surface area contributed by atoms with Gasteiger partial charge in [0.05, 0.1) is 25.5 Å². The van der Waals surface area contributed by atoms with Crippen molar-refractivity contribution in [3.05, 3.63) is 70.4 Å². The van der Waals surface area contributed by atoms with E-state index in [0.29, 0.717) is 61.4 Å². The molecule has 0 atom stereocenters. The molecule has 0 saturated carbocycles. The lowest BCUT2D eigenvalue weighted by Crippen LogP contribution is -2.40. The lowest BCUT2D eigenvalue weighted by molar-refractivity contribution is 0.0731. The van der Waals surface area contributed by atoms with E-state index in [2.05, 4.69) is 36.3 Å². The smallest absolute Gasteiger partial charge is 0.319 e. The monoisotopic (exact) mass is 590 g/mol. The Hall–Kier alpha value is -3.69. The molecule has 42 heavy (non-hydrogen) atoms. The van der Waals surface area contributed by atoms with Crippen molar-refractivity contribution >= 4 is 35.0 Å². The Balaban J connectivity index is 1.33. The summed E-state index contributed by atoms with van der Waals surface area (Å²) in [5.74, 6) is 1.46. The highest BCUT2D eigenvalue weighted by Gasteiger charge is 2.29. The maximum atomic E-state index is 13.3. The Morgan fingerprint density at radius 1 is 0.976 bits per heavy atom. The number of amides is 3. The summed E-state index contributed by atoms with van der Waals surface area (Å²) >= 11 is 6.03. The van der Waals surface area contributed by atoms with Gasteiger partial charge in [0, 0.05) is 53.6 Å². The average molecular weight is 591 g/mol. The van der Waals surface area contributed by atoms with E-state index in [1.54, 1.807) is 24.3 Å². The number of aromatic nitrogens is 2. The SMILES string of the molecule is CC(C)(C)CCCNC(=O)Nc1ccc(-c2nc3c(c(N4CCOCC4)n2)CCN(C(=O)c2ccc(Cl)cc2)C3)cc1. The lowest BCUT2D eigenvalue weighted by atomic mass is 9.91. The minimum Gasteiger partial charge on any atom is -0.378 e. The maximum Gasteiger partial charge on any atom is 0.319 e. The number of urea groups is 1.